The SMILES string of the molecule is CCOC(=O)[C@H]1CCCN(C[C@H](O)c2ccc3c(c2)CCc2c-3noc2-c2ccc(OCC)c(OCC)c2)C1. The van der Waals surface area contributed by atoms with E-state index in [-0.39, 0.29) is 11.9 Å². The van der Waals surface area contributed by atoms with Crippen LogP contribution in [0.3, 0.4) is 0 Å². The predicted molar refractivity (Wildman–Crippen MR) is 148 cm³/mol. The quantitative estimate of drug-likeness (QED) is 0.354. The van der Waals surface area contributed by atoms with Gasteiger partial charge >= 0.3 is 5.97 Å². The number of β-amino-alcohol motifs (C(OH)–C–C–N with tert-alkyl or cyclic N) is 1. The monoisotopic (exact) mass is 534 g/mol. The Kier molecular flexibility index (Phi) is 8.53. The molecule has 0 spiro atoms. The molecule has 3 aromatic rings. The molecule has 39 heavy (non-hydrogen) atoms. The minimum Gasteiger partial charge on any atom is -0.490 e. The van der Waals surface area contributed by atoms with Gasteiger partial charge in [0, 0.05) is 29.8 Å². The van der Waals surface area contributed by atoms with Gasteiger partial charge in [0.05, 0.1) is 31.8 Å². The number of hydrogen-bond acceptors (Lipinski definition) is 8. The van der Waals surface area contributed by atoms with Crippen molar-refractivity contribution in [2.45, 2.75) is 52.6 Å². The summed E-state index contributed by atoms with van der Waals surface area (Å²) >= 11 is 0. The third kappa shape index (κ3) is 5.82. The maximum atomic E-state index is 12.2. The van der Waals surface area contributed by atoms with E-state index < -0.39 is 6.10 Å². The number of likely N-dealkylation sites (tertiary alicyclic amines) is 1. The molecule has 208 valence electrons. The van der Waals surface area contributed by atoms with Crippen molar-refractivity contribution in [2.75, 3.05) is 39.5 Å². The van der Waals surface area contributed by atoms with Gasteiger partial charge in [0.1, 0.15) is 5.69 Å². The molecule has 1 aromatic heterocycles. The fourth-order valence-electron chi connectivity index (χ4n) is 5.71. The van der Waals surface area contributed by atoms with Crippen LogP contribution < -0.4 is 9.47 Å². The van der Waals surface area contributed by atoms with E-state index >= 15 is 0 Å². The van der Waals surface area contributed by atoms with Crippen molar-refractivity contribution in [1.29, 1.82) is 0 Å². The Hall–Kier alpha value is -3.36. The zero-order valence-electron chi connectivity index (χ0n) is 23.1. The number of aromatic nitrogens is 1. The summed E-state index contributed by atoms with van der Waals surface area (Å²) in [5.74, 6) is 1.92. The molecule has 0 saturated carbocycles. The summed E-state index contributed by atoms with van der Waals surface area (Å²) in [7, 11) is 0. The van der Waals surface area contributed by atoms with E-state index in [0.29, 0.717) is 44.4 Å². The molecule has 2 heterocycles. The van der Waals surface area contributed by atoms with Crippen LogP contribution in [0, 0.1) is 5.92 Å². The van der Waals surface area contributed by atoms with Crippen LogP contribution in [0.15, 0.2) is 40.9 Å². The van der Waals surface area contributed by atoms with Crippen LogP contribution in [0.2, 0.25) is 0 Å². The molecule has 2 aromatic carbocycles. The molecule has 8 heteroatoms. The molecule has 1 fully saturated rings. The first-order valence-corrected chi connectivity index (χ1v) is 14.1. The van der Waals surface area contributed by atoms with Gasteiger partial charge in [-0.05, 0) is 82.3 Å². The molecule has 1 aliphatic carbocycles. The number of ether oxygens (including phenoxy) is 3. The van der Waals surface area contributed by atoms with Gasteiger partial charge in [0.25, 0.3) is 0 Å². The summed E-state index contributed by atoms with van der Waals surface area (Å²) < 4.78 is 22.6. The van der Waals surface area contributed by atoms with Crippen molar-refractivity contribution >= 4 is 5.97 Å². The number of carbonyl (C=O) groups excluding carboxylic acids is 1. The van der Waals surface area contributed by atoms with E-state index in [1.807, 2.05) is 51.1 Å². The molecule has 1 saturated heterocycles. The predicted octanol–water partition coefficient (Wildman–Crippen LogP) is 5.21. The fraction of sp³-hybridized carbons (Fsp3) is 0.484. The summed E-state index contributed by atoms with van der Waals surface area (Å²) in [4.78, 5) is 14.4. The van der Waals surface area contributed by atoms with Gasteiger partial charge in [-0.15, -0.1) is 0 Å². The van der Waals surface area contributed by atoms with Crippen molar-refractivity contribution in [3.63, 3.8) is 0 Å². The van der Waals surface area contributed by atoms with Crippen LogP contribution in [-0.2, 0) is 22.4 Å². The van der Waals surface area contributed by atoms with Crippen molar-refractivity contribution in [2.24, 2.45) is 5.92 Å². The second kappa shape index (κ2) is 12.2. The summed E-state index contributed by atoms with van der Waals surface area (Å²) in [6.45, 7) is 9.24. The summed E-state index contributed by atoms with van der Waals surface area (Å²) in [5.41, 5.74) is 5.93. The summed E-state index contributed by atoms with van der Waals surface area (Å²) in [6.07, 6.45) is 2.77. The van der Waals surface area contributed by atoms with E-state index in [1.54, 1.807) is 0 Å². The number of fused-ring (bicyclic) bond motifs is 3. The number of carbonyl (C=O) groups is 1. The maximum Gasteiger partial charge on any atom is 0.310 e. The number of nitrogens with zero attached hydrogens (tertiary/aromatic N) is 2. The molecule has 2 atom stereocenters. The molecule has 0 radical (unpaired) electrons. The highest BCUT2D eigenvalue weighted by Crippen LogP contribution is 2.41. The Morgan fingerprint density at radius 3 is 2.69 bits per heavy atom. The van der Waals surface area contributed by atoms with E-state index in [4.69, 9.17) is 18.7 Å². The maximum absolute atomic E-state index is 12.2. The highest BCUT2D eigenvalue weighted by Gasteiger charge is 2.29. The van der Waals surface area contributed by atoms with E-state index in [2.05, 4.69) is 16.1 Å². The van der Waals surface area contributed by atoms with Crippen LogP contribution in [-0.4, -0.2) is 60.6 Å². The molecule has 0 unspecified atom stereocenters. The molecule has 1 aliphatic heterocycles. The van der Waals surface area contributed by atoms with Crippen molar-refractivity contribution in [3.8, 4) is 34.1 Å². The highest BCUT2D eigenvalue weighted by atomic mass is 16.5. The lowest BCUT2D eigenvalue weighted by atomic mass is 9.86. The van der Waals surface area contributed by atoms with E-state index in [0.717, 1.165) is 71.5 Å². The first-order chi connectivity index (χ1) is 19.0. The molecule has 2 aliphatic rings. The second-order valence-corrected chi connectivity index (χ2v) is 10.1. The average molecular weight is 535 g/mol. The Morgan fingerprint density at radius 1 is 1.08 bits per heavy atom. The van der Waals surface area contributed by atoms with Crippen LogP contribution >= 0.6 is 0 Å². The highest BCUT2D eigenvalue weighted by molar-refractivity contribution is 5.77. The fourth-order valence-corrected chi connectivity index (χ4v) is 5.71. The normalized spacial score (nSPS) is 17.7. The van der Waals surface area contributed by atoms with Crippen molar-refractivity contribution < 1.29 is 28.6 Å². The van der Waals surface area contributed by atoms with Crippen molar-refractivity contribution in [3.05, 3.63) is 53.1 Å². The van der Waals surface area contributed by atoms with Gasteiger partial charge in [-0.2, -0.15) is 0 Å². The van der Waals surface area contributed by atoms with Crippen molar-refractivity contribution in [1.82, 2.24) is 10.1 Å². The van der Waals surface area contributed by atoms with Gasteiger partial charge < -0.3 is 23.8 Å². The first-order valence-electron chi connectivity index (χ1n) is 14.1. The summed E-state index contributed by atoms with van der Waals surface area (Å²) in [6, 6.07) is 12.0. The van der Waals surface area contributed by atoms with Gasteiger partial charge in [-0.1, -0.05) is 23.4 Å². The third-order valence-electron chi connectivity index (χ3n) is 7.56. The average Bonchev–Trinajstić information content (AvgIpc) is 3.39. The molecular formula is C31H38N2O6. The Balaban J connectivity index is 1.32. The molecular weight excluding hydrogens is 496 g/mol. The van der Waals surface area contributed by atoms with Gasteiger partial charge in [0.15, 0.2) is 17.3 Å². The van der Waals surface area contributed by atoms with Gasteiger partial charge in [0.2, 0.25) is 0 Å². The largest absolute Gasteiger partial charge is 0.490 e. The number of aliphatic hydroxyl groups excluding tert-OH is 1. The Labute approximate surface area is 229 Å². The van der Waals surface area contributed by atoms with Crippen LogP contribution in [0.1, 0.15) is 56.4 Å². The lowest BCUT2D eigenvalue weighted by Crippen LogP contribution is -2.41. The van der Waals surface area contributed by atoms with E-state index in [1.165, 1.54) is 0 Å². The van der Waals surface area contributed by atoms with Gasteiger partial charge in [-0.25, -0.2) is 0 Å². The minimum atomic E-state index is -0.633. The molecule has 0 bridgehead atoms. The first kappa shape index (κ1) is 27.2. The number of hydrogen-bond donors (Lipinski definition) is 1. The minimum absolute atomic E-state index is 0.116. The summed E-state index contributed by atoms with van der Waals surface area (Å²) in [5, 5.41) is 15.5. The zero-order chi connectivity index (χ0) is 27.4. The number of aryl methyl sites for hydroxylation is 1. The number of benzene rings is 2. The standard InChI is InChI=1S/C31H38N2O6/c1-4-36-27-14-11-22(17-28(27)37-5-2)30-25-13-9-20-16-21(10-12-24(20)29(25)32-39-30)26(34)19-33-15-7-8-23(18-33)31(35)38-6-3/h10-12,14,16-17,23,26,34H,4-9,13,15,18-19H2,1-3H3/t23-,26-/m0/s1. The lowest BCUT2D eigenvalue weighted by Gasteiger charge is -2.33. The number of esters is 1. The molecule has 8 nitrogen and oxygen atoms in total. The van der Waals surface area contributed by atoms with Gasteiger partial charge in [-0.3, -0.25) is 9.69 Å². The topological polar surface area (TPSA) is 94.3 Å². The number of piperidine rings is 1. The second-order valence-electron chi connectivity index (χ2n) is 10.1. The number of rotatable bonds is 10. The third-order valence-corrected chi connectivity index (χ3v) is 7.56. The Bertz CT molecular complexity index is 1300. The zero-order valence-corrected chi connectivity index (χ0v) is 23.1. The molecule has 5 rings (SSSR count). The number of aliphatic hydroxyl groups is 1. The Morgan fingerprint density at radius 2 is 1.90 bits per heavy atom. The molecule has 0 amide bonds. The smallest absolute Gasteiger partial charge is 0.310 e. The molecule has 1 N–H and O–H groups in total. The van der Waals surface area contributed by atoms with Crippen LogP contribution in [0.4, 0.5) is 0 Å². The lowest BCUT2D eigenvalue weighted by molar-refractivity contribution is -0.150. The van der Waals surface area contributed by atoms with E-state index in [9.17, 15) is 9.90 Å². The van der Waals surface area contributed by atoms with Crippen LogP contribution in [0.25, 0.3) is 22.6 Å². The van der Waals surface area contributed by atoms with Crippen LogP contribution in [0.5, 0.6) is 11.5 Å².